The van der Waals surface area contributed by atoms with Gasteiger partial charge in [0, 0.05) is 38.0 Å². The Labute approximate surface area is 272 Å². The zero-order valence-electron chi connectivity index (χ0n) is 28.1. The van der Waals surface area contributed by atoms with Crippen LogP contribution in [0.25, 0.3) is 0 Å². The molecule has 1 saturated carbocycles. The summed E-state index contributed by atoms with van der Waals surface area (Å²) < 4.78 is 12.1. The standard InChI is InChI=1S/C39H56N4O2/c1-4-7-18-35(41-39-24-23-37(27-38(39)40)44-26-13-25-42(5-2)6-3)30-43(28-32-14-11-12-15-32)29-33-19-21-36(22-20-33)45-31-34-16-9-8-10-17-34/h8-10,16-17,19-24,27,32H,4-7,11-15,18,25-26,28-31,40H2,1-3H3/b41-35+. The minimum absolute atomic E-state index is 0.581. The SMILES string of the molecule is CCCC/C(CN(Cc1ccc(OCc2ccccc2)cc1)CC1CCCC1)=N\c1ccc(OCCCN(CC)CC)cc1N. The van der Waals surface area contributed by atoms with Crippen molar-refractivity contribution in [1.29, 1.82) is 0 Å². The van der Waals surface area contributed by atoms with E-state index in [-0.39, 0.29) is 0 Å². The molecule has 3 aromatic rings. The van der Waals surface area contributed by atoms with Crippen LogP contribution >= 0.6 is 0 Å². The van der Waals surface area contributed by atoms with Gasteiger partial charge in [-0.05, 0) is 86.5 Å². The fraction of sp³-hybridized carbons (Fsp3) is 0.513. The Morgan fingerprint density at radius 3 is 2.24 bits per heavy atom. The molecule has 244 valence electrons. The molecule has 1 aliphatic carbocycles. The Kier molecular flexibility index (Phi) is 14.8. The van der Waals surface area contributed by atoms with E-state index in [0.717, 1.165) is 88.1 Å². The second-order valence-corrected chi connectivity index (χ2v) is 12.5. The monoisotopic (exact) mass is 612 g/mol. The molecule has 2 N–H and O–H groups in total. The number of nitrogens with two attached hydrogens (primary N) is 1. The van der Waals surface area contributed by atoms with Gasteiger partial charge in [0.05, 0.1) is 18.0 Å². The van der Waals surface area contributed by atoms with E-state index in [0.29, 0.717) is 18.9 Å². The molecule has 3 aromatic carbocycles. The van der Waals surface area contributed by atoms with Crippen LogP contribution in [0.15, 0.2) is 77.8 Å². The van der Waals surface area contributed by atoms with E-state index in [1.54, 1.807) is 0 Å². The molecule has 0 aromatic heterocycles. The first kappa shape index (κ1) is 34.5. The van der Waals surface area contributed by atoms with Crippen molar-refractivity contribution in [2.75, 3.05) is 45.1 Å². The van der Waals surface area contributed by atoms with Crippen LogP contribution in [0, 0.1) is 5.92 Å². The lowest BCUT2D eigenvalue weighted by atomic mass is 10.1. The predicted octanol–water partition coefficient (Wildman–Crippen LogP) is 8.91. The molecule has 0 aliphatic heterocycles. The number of benzene rings is 3. The quantitative estimate of drug-likeness (QED) is 0.0784. The summed E-state index contributed by atoms with van der Waals surface area (Å²) in [7, 11) is 0. The summed E-state index contributed by atoms with van der Waals surface area (Å²) in [6, 6.07) is 24.9. The maximum Gasteiger partial charge on any atom is 0.121 e. The average molecular weight is 613 g/mol. The highest BCUT2D eigenvalue weighted by molar-refractivity contribution is 5.90. The van der Waals surface area contributed by atoms with E-state index >= 15 is 0 Å². The number of nitrogens with zero attached hydrogens (tertiary/aromatic N) is 3. The zero-order chi connectivity index (χ0) is 31.7. The van der Waals surface area contributed by atoms with Gasteiger partial charge in [0.25, 0.3) is 0 Å². The van der Waals surface area contributed by atoms with Gasteiger partial charge in [-0.15, -0.1) is 0 Å². The fourth-order valence-electron chi connectivity index (χ4n) is 6.16. The molecule has 4 rings (SSSR count). The third kappa shape index (κ3) is 12.2. The third-order valence-corrected chi connectivity index (χ3v) is 8.85. The summed E-state index contributed by atoms with van der Waals surface area (Å²) in [4.78, 5) is 10.2. The summed E-state index contributed by atoms with van der Waals surface area (Å²) in [5, 5.41) is 0. The van der Waals surface area contributed by atoms with E-state index in [4.69, 9.17) is 20.2 Å². The van der Waals surface area contributed by atoms with Gasteiger partial charge in [0.15, 0.2) is 0 Å². The van der Waals surface area contributed by atoms with Gasteiger partial charge < -0.3 is 20.1 Å². The first-order valence-corrected chi connectivity index (χ1v) is 17.3. The molecular formula is C39H56N4O2. The lowest BCUT2D eigenvalue weighted by molar-refractivity contribution is 0.249. The Bertz CT molecular complexity index is 1270. The van der Waals surface area contributed by atoms with Gasteiger partial charge in [-0.2, -0.15) is 0 Å². The molecule has 6 nitrogen and oxygen atoms in total. The predicted molar refractivity (Wildman–Crippen MR) is 190 cm³/mol. The lowest BCUT2D eigenvalue weighted by Gasteiger charge is -2.26. The van der Waals surface area contributed by atoms with Crippen molar-refractivity contribution in [1.82, 2.24) is 9.80 Å². The lowest BCUT2D eigenvalue weighted by Crippen LogP contribution is -2.33. The molecule has 6 heteroatoms. The number of hydrogen-bond acceptors (Lipinski definition) is 6. The van der Waals surface area contributed by atoms with Crippen molar-refractivity contribution >= 4 is 17.1 Å². The Hall–Kier alpha value is -3.35. The molecule has 0 heterocycles. The second-order valence-electron chi connectivity index (χ2n) is 12.5. The number of nitrogen functional groups attached to an aromatic ring is 1. The van der Waals surface area contributed by atoms with Gasteiger partial charge in [-0.3, -0.25) is 9.89 Å². The number of hydrogen-bond donors (Lipinski definition) is 1. The van der Waals surface area contributed by atoms with Crippen LogP contribution in [0.5, 0.6) is 11.5 Å². The minimum atomic E-state index is 0.581. The van der Waals surface area contributed by atoms with Crippen molar-refractivity contribution in [3.8, 4) is 11.5 Å². The highest BCUT2D eigenvalue weighted by Gasteiger charge is 2.20. The molecule has 1 aliphatic rings. The minimum Gasteiger partial charge on any atom is -0.493 e. The first-order chi connectivity index (χ1) is 22.1. The smallest absolute Gasteiger partial charge is 0.121 e. The van der Waals surface area contributed by atoms with Crippen LogP contribution in [0.1, 0.15) is 83.3 Å². The van der Waals surface area contributed by atoms with Gasteiger partial charge in [0.1, 0.15) is 18.1 Å². The summed E-state index contributed by atoms with van der Waals surface area (Å²) in [5.41, 5.74) is 11.7. The molecule has 0 bridgehead atoms. The van der Waals surface area contributed by atoms with E-state index in [9.17, 15) is 0 Å². The summed E-state index contributed by atoms with van der Waals surface area (Å²) in [5.74, 6) is 2.48. The second kappa shape index (κ2) is 19.2. The molecule has 1 fully saturated rings. The van der Waals surface area contributed by atoms with Crippen molar-refractivity contribution in [2.24, 2.45) is 10.9 Å². The number of anilines is 1. The number of unbranched alkanes of at least 4 members (excludes halogenated alkanes) is 1. The van der Waals surface area contributed by atoms with E-state index < -0.39 is 0 Å². The van der Waals surface area contributed by atoms with Crippen molar-refractivity contribution in [3.05, 3.63) is 83.9 Å². The van der Waals surface area contributed by atoms with Gasteiger partial charge >= 0.3 is 0 Å². The highest BCUT2D eigenvalue weighted by atomic mass is 16.5. The number of aliphatic imine (C=N–C) groups is 1. The van der Waals surface area contributed by atoms with E-state index in [2.05, 4.69) is 67.0 Å². The molecule has 0 amide bonds. The van der Waals surface area contributed by atoms with Crippen LogP contribution < -0.4 is 15.2 Å². The third-order valence-electron chi connectivity index (χ3n) is 8.85. The summed E-state index contributed by atoms with van der Waals surface area (Å²) in [6.07, 6.45) is 9.60. The van der Waals surface area contributed by atoms with Crippen LogP contribution in [0.3, 0.4) is 0 Å². The van der Waals surface area contributed by atoms with Crippen molar-refractivity contribution in [2.45, 2.75) is 85.3 Å². The fourth-order valence-corrected chi connectivity index (χ4v) is 6.16. The molecule has 0 spiro atoms. The molecule has 0 unspecified atom stereocenters. The van der Waals surface area contributed by atoms with Crippen molar-refractivity contribution in [3.63, 3.8) is 0 Å². The zero-order valence-corrected chi connectivity index (χ0v) is 28.1. The summed E-state index contributed by atoms with van der Waals surface area (Å²) >= 11 is 0. The Morgan fingerprint density at radius 2 is 1.56 bits per heavy atom. The molecule has 0 radical (unpaired) electrons. The summed E-state index contributed by atoms with van der Waals surface area (Å²) in [6.45, 7) is 14.0. The largest absolute Gasteiger partial charge is 0.493 e. The van der Waals surface area contributed by atoms with Gasteiger partial charge in [0.2, 0.25) is 0 Å². The first-order valence-electron chi connectivity index (χ1n) is 17.3. The molecule has 0 saturated heterocycles. The highest BCUT2D eigenvalue weighted by Crippen LogP contribution is 2.29. The Morgan fingerprint density at radius 1 is 0.822 bits per heavy atom. The molecule has 45 heavy (non-hydrogen) atoms. The topological polar surface area (TPSA) is 63.3 Å². The van der Waals surface area contributed by atoms with Gasteiger partial charge in [-0.25, -0.2) is 0 Å². The number of rotatable bonds is 20. The molecular weight excluding hydrogens is 556 g/mol. The molecule has 0 atom stereocenters. The van der Waals surface area contributed by atoms with E-state index in [1.807, 2.05) is 36.4 Å². The van der Waals surface area contributed by atoms with Crippen LogP contribution in [0.2, 0.25) is 0 Å². The normalized spacial score (nSPS) is 14.0. The maximum absolute atomic E-state index is 6.54. The average Bonchev–Trinajstić information content (AvgIpc) is 3.58. The van der Waals surface area contributed by atoms with Crippen LogP contribution in [0.4, 0.5) is 11.4 Å². The maximum atomic E-state index is 6.54. The Balaban J connectivity index is 1.41. The number of ether oxygens (including phenoxy) is 2. The van der Waals surface area contributed by atoms with E-state index in [1.165, 1.54) is 42.5 Å². The van der Waals surface area contributed by atoms with Crippen LogP contribution in [-0.4, -0.2) is 54.8 Å². The van der Waals surface area contributed by atoms with Gasteiger partial charge in [-0.1, -0.05) is 82.5 Å². The van der Waals surface area contributed by atoms with Crippen LogP contribution in [-0.2, 0) is 13.2 Å². The van der Waals surface area contributed by atoms with Crippen molar-refractivity contribution < 1.29 is 9.47 Å².